The Bertz CT molecular complexity index is 4220. The number of alkyl halides is 3. The number of methoxy groups -OCH3 is 2. The number of halogens is 3. The van der Waals surface area contributed by atoms with Crippen LogP contribution in [0.25, 0.3) is 56.2 Å². The van der Waals surface area contributed by atoms with E-state index in [1.54, 1.807) is 31.2 Å². The second-order valence-electron chi connectivity index (χ2n) is 22.3. The van der Waals surface area contributed by atoms with Gasteiger partial charge in [0.2, 0.25) is 0 Å². The van der Waals surface area contributed by atoms with E-state index >= 15 is 0 Å². The minimum Gasteiger partial charge on any atom is -0.399 e. The van der Waals surface area contributed by atoms with Gasteiger partial charge in [-0.05, 0) is 79.5 Å². The average molecular weight is 1250 g/mol. The molecule has 0 saturated carbocycles. The number of benzene rings is 4. The number of aromatic amines is 2. The molecule has 11 rings (SSSR count). The van der Waals surface area contributed by atoms with Crippen LogP contribution in [0.5, 0.6) is 5.75 Å². The minimum atomic E-state index is -5.77. The molecule has 1 saturated heterocycles. The summed E-state index contributed by atoms with van der Waals surface area (Å²) in [6.45, 7) is 19.7. The Hall–Kier alpha value is -8.56. The zero-order valence-corrected chi connectivity index (χ0v) is 50.7. The first-order chi connectivity index (χ1) is 41.3. The second-order valence-corrected chi connectivity index (χ2v) is 23.8. The normalized spacial score (nSPS) is 13.6. The van der Waals surface area contributed by atoms with Crippen LogP contribution in [-0.4, -0.2) is 118 Å². The van der Waals surface area contributed by atoms with Crippen molar-refractivity contribution in [1.29, 1.82) is 0 Å². The molecule has 0 radical (unpaired) electrons. The van der Waals surface area contributed by atoms with Crippen LogP contribution in [0, 0.1) is 0 Å². The average Bonchev–Trinajstić information content (AvgIpc) is 1.73. The highest BCUT2D eigenvalue weighted by Gasteiger charge is 2.52. The summed E-state index contributed by atoms with van der Waals surface area (Å²) in [7, 11) is -2.75. The van der Waals surface area contributed by atoms with Gasteiger partial charge < -0.3 is 32.9 Å². The van der Waals surface area contributed by atoms with E-state index in [4.69, 9.17) is 23.8 Å². The predicted octanol–water partition coefficient (Wildman–Crippen LogP) is 10.8. The number of aromatic nitrogens is 12. The maximum absolute atomic E-state index is 12.8. The van der Waals surface area contributed by atoms with Crippen molar-refractivity contribution in [1.82, 2.24) is 58.6 Å². The Balaban J connectivity index is 0.000000197. The van der Waals surface area contributed by atoms with E-state index in [0.717, 1.165) is 57.5 Å². The molecule has 0 aliphatic carbocycles. The fourth-order valence-corrected chi connectivity index (χ4v) is 9.91. The maximum atomic E-state index is 12.8. The highest BCUT2D eigenvalue weighted by Crippen LogP contribution is 2.37. The van der Waals surface area contributed by atoms with Crippen molar-refractivity contribution in [3.05, 3.63) is 177 Å². The van der Waals surface area contributed by atoms with E-state index < -0.39 is 27.1 Å². The minimum absolute atomic E-state index is 0. The second kappa shape index (κ2) is 28.3. The number of fused-ring (bicyclic) bond motifs is 2. The SMILES string of the molecule is C.C.CC(C)c1ccccc1-c1ncc2[nH]c(=O)n(Cc3ccc(OS(=O)(=O)C(F)(F)F)cc3)c2n1.COCCn1cc(-c2ccc(Cn3c(=O)[nH]c4cnc(-c5ccccc5C(C)C)nc43)cc2)cn1.COCCn1cc(B2OC(C)(C)C(C)(C)O2)cn1. The number of ether oxygens (including phenoxy) is 2. The van der Waals surface area contributed by atoms with E-state index in [1.807, 2.05) is 122 Å². The van der Waals surface area contributed by atoms with Gasteiger partial charge in [0.05, 0.1) is 69.2 Å². The zero-order valence-electron chi connectivity index (χ0n) is 49.9. The topological polar surface area (TPSA) is 243 Å². The standard InChI is InChI=1S/C27H28N6O2.C22H19F3N4O4S.C12H21BN2O3.2CH4/c1-18(2)22-6-4-5-7-23(22)25-28-15-24-26(31-25)33(27(34)30-24)16-19-8-10-20(11-9-19)21-14-29-32(17-21)12-13-35-3;1-13(2)16-5-3-4-6-17(16)19-26-11-18-20(28-19)29(21(30)27-18)12-14-7-9-15(10-8-14)33-34(31,32)22(23,24)25;1-11(2)12(3,4)18-13(17-11)10-8-14-15(9-10)6-7-16-5;;/h4-11,14-15,17-18H,12-13,16H2,1-3H3,(H,30,34);3-11,13H,12H2,1-2H3,(H,27,30);8-9H,6-7H2,1-5H3;2*1H4. The fourth-order valence-electron chi connectivity index (χ4n) is 9.45. The molecule has 4 aromatic carbocycles. The molecule has 0 amide bonds. The highest BCUT2D eigenvalue weighted by atomic mass is 32.2. The lowest BCUT2D eigenvalue weighted by Gasteiger charge is -2.32. The summed E-state index contributed by atoms with van der Waals surface area (Å²) in [5, 5.41) is 8.65. The first kappa shape index (κ1) is 67.9. The molecule has 89 heavy (non-hydrogen) atoms. The Labute approximate surface area is 515 Å². The number of nitrogens with zero attached hydrogens (tertiary/aromatic N) is 10. The monoisotopic (exact) mass is 1240 g/mol. The van der Waals surface area contributed by atoms with E-state index in [1.165, 1.54) is 28.5 Å². The van der Waals surface area contributed by atoms with Crippen molar-refractivity contribution >= 4 is 45.0 Å². The van der Waals surface area contributed by atoms with E-state index in [2.05, 4.69) is 73.1 Å². The summed E-state index contributed by atoms with van der Waals surface area (Å²) >= 11 is 0. The molecule has 6 aromatic heterocycles. The van der Waals surface area contributed by atoms with E-state index in [9.17, 15) is 31.2 Å². The molecular formula is C63H76BF3N12O9S. The predicted molar refractivity (Wildman–Crippen MR) is 338 cm³/mol. The quantitative estimate of drug-likeness (QED) is 0.0461. The van der Waals surface area contributed by atoms with Gasteiger partial charge in [-0.15, -0.1) is 0 Å². The molecule has 10 aromatic rings. The molecule has 0 unspecified atom stereocenters. The molecule has 1 aliphatic heterocycles. The molecule has 1 aliphatic rings. The fraction of sp³-hybridized carbons (Fsp3) is 0.365. The largest absolute Gasteiger partial charge is 0.534 e. The molecule has 0 spiro atoms. The lowest BCUT2D eigenvalue weighted by molar-refractivity contribution is -0.0500. The molecule has 472 valence electrons. The summed E-state index contributed by atoms with van der Waals surface area (Å²) in [6, 6.07) is 28.9. The summed E-state index contributed by atoms with van der Waals surface area (Å²) in [6.07, 6.45) is 10.8. The van der Waals surface area contributed by atoms with Gasteiger partial charge in [0.1, 0.15) is 16.8 Å². The molecule has 1 fully saturated rings. The number of imidazole rings is 2. The van der Waals surface area contributed by atoms with Gasteiger partial charge in [0.25, 0.3) is 0 Å². The molecule has 0 atom stereocenters. The molecule has 7 heterocycles. The van der Waals surface area contributed by atoms with Crippen LogP contribution in [0.4, 0.5) is 13.2 Å². The van der Waals surface area contributed by atoms with Crippen molar-refractivity contribution < 1.29 is 44.6 Å². The molecular weight excluding hydrogens is 1170 g/mol. The van der Waals surface area contributed by atoms with Crippen molar-refractivity contribution in [3.8, 4) is 39.7 Å². The van der Waals surface area contributed by atoms with Gasteiger partial charge in [-0.3, -0.25) is 18.5 Å². The summed E-state index contributed by atoms with van der Waals surface area (Å²) in [5.74, 6) is 1.14. The third-order valence-corrected chi connectivity index (χ3v) is 15.9. The Kier molecular flexibility index (Phi) is 21.6. The molecule has 26 heteroatoms. The van der Waals surface area contributed by atoms with Gasteiger partial charge in [-0.2, -0.15) is 31.8 Å². The molecule has 0 bridgehead atoms. The van der Waals surface area contributed by atoms with Crippen LogP contribution in [0.3, 0.4) is 0 Å². The van der Waals surface area contributed by atoms with Crippen LogP contribution in [0.15, 0.2) is 144 Å². The number of H-pyrrole nitrogens is 2. The lowest BCUT2D eigenvalue weighted by Crippen LogP contribution is -2.41. The van der Waals surface area contributed by atoms with Crippen LogP contribution in [0.1, 0.15) is 104 Å². The van der Waals surface area contributed by atoms with Gasteiger partial charge in [-0.1, -0.05) is 127 Å². The lowest BCUT2D eigenvalue weighted by atomic mass is 9.82. The van der Waals surface area contributed by atoms with E-state index in [0.29, 0.717) is 71.8 Å². The summed E-state index contributed by atoms with van der Waals surface area (Å²) in [4.78, 5) is 49.2. The Morgan fingerprint density at radius 1 is 0.607 bits per heavy atom. The zero-order chi connectivity index (χ0) is 62.4. The summed E-state index contributed by atoms with van der Waals surface area (Å²) in [5.41, 5.74) is 3.83. The number of hydrogen-bond acceptors (Lipinski definition) is 15. The van der Waals surface area contributed by atoms with E-state index in [-0.39, 0.29) is 51.3 Å². The number of nitrogens with one attached hydrogen (secondary N) is 2. The first-order valence-electron chi connectivity index (χ1n) is 28.0. The Morgan fingerprint density at radius 3 is 1.49 bits per heavy atom. The van der Waals surface area contributed by atoms with Crippen molar-refractivity contribution in [3.63, 3.8) is 0 Å². The van der Waals surface area contributed by atoms with Crippen LogP contribution >= 0.6 is 0 Å². The van der Waals surface area contributed by atoms with Crippen LogP contribution in [-0.2, 0) is 55.1 Å². The van der Waals surface area contributed by atoms with Crippen LogP contribution < -0.4 is 21.0 Å². The Morgan fingerprint density at radius 2 is 1.04 bits per heavy atom. The van der Waals surface area contributed by atoms with Gasteiger partial charge in [0.15, 0.2) is 22.9 Å². The smallest absolute Gasteiger partial charge is 0.399 e. The first-order valence-corrected chi connectivity index (χ1v) is 29.4. The van der Waals surface area contributed by atoms with Gasteiger partial charge in [-0.25, -0.2) is 29.5 Å². The molecule has 2 N–H and O–H groups in total. The molecule has 21 nitrogen and oxygen atoms in total. The highest BCUT2D eigenvalue weighted by molar-refractivity contribution is 7.88. The summed E-state index contributed by atoms with van der Waals surface area (Å²) < 4.78 is 92.7. The number of rotatable bonds is 18. The number of hydrogen-bond donors (Lipinski definition) is 2. The maximum Gasteiger partial charge on any atom is 0.534 e. The van der Waals surface area contributed by atoms with Crippen molar-refractivity contribution in [2.75, 3.05) is 27.4 Å². The van der Waals surface area contributed by atoms with Crippen LogP contribution in [0.2, 0.25) is 0 Å². The van der Waals surface area contributed by atoms with Crippen molar-refractivity contribution in [2.24, 2.45) is 0 Å². The third kappa shape index (κ3) is 15.7. The van der Waals surface area contributed by atoms with Gasteiger partial charge >= 0.3 is 34.1 Å². The van der Waals surface area contributed by atoms with Crippen molar-refractivity contribution in [2.45, 2.75) is 125 Å². The third-order valence-electron chi connectivity index (χ3n) is 14.9. The van der Waals surface area contributed by atoms with Gasteiger partial charge in [0, 0.05) is 55.0 Å².